The van der Waals surface area contributed by atoms with Gasteiger partial charge < -0.3 is 4.74 Å². The van der Waals surface area contributed by atoms with Gasteiger partial charge in [0, 0.05) is 0 Å². The standard InChI is InChI=1S/C19H22N2O3S/c1-4-5-12-24-19-11-10-16(13-14(19)2)25(22,23)21-15(3)20-17-8-6-7-9-18(17)21/h6-11,13H,4-5,12H2,1-3H3. The van der Waals surface area contributed by atoms with E-state index in [4.69, 9.17) is 4.74 Å². The lowest BCUT2D eigenvalue weighted by Crippen LogP contribution is -2.15. The van der Waals surface area contributed by atoms with E-state index in [0.29, 0.717) is 23.5 Å². The van der Waals surface area contributed by atoms with Gasteiger partial charge in [-0.05, 0) is 56.2 Å². The van der Waals surface area contributed by atoms with Crippen LogP contribution in [0, 0.1) is 13.8 Å². The number of nitrogens with zero attached hydrogens (tertiary/aromatic N) is 2. The van der Waals surface area contributed by atoms with E-state index < -0.39 is 10.0 Å². The first-order valence-electron chi connectivity index (χ1n) is 8.38. The first kappa shape index (κ1) is 17.5. The third-order valence-corrected chi connectivity index (χ3v) is 5.91. The Kier molecular flexibility index (Phi) is 4.81. The van der Waals surface area contributed by atoms with Crippen molar-refractivity contribution in [3.63, 3.8) is 0 Å². The Balaban J connectivity index is 2.02. The largest absolute Gasteiger partial charge is 0.493 e. The summed E-state index contributed by atoms with van der Waals surface area (Å²) in [6.45, 7) is 6.30. The van der Waals surface area contributed by atoms with Crippen molar-refractivity contribution in [1.82, 2.24) is 8.96 Å². The minimum Gasteiger partial charge on any atom is -0.493 e. The molecule has 0 aliphatic carbocycles. The molecule has 6 heteroatoms. The molecular formula is C19H22N2O3S. The molecule has 0 saturated carbocycles. The maximum absolute atomic E-state index is 13.1. The first-order valence-corrected chi connectivity index (χ1v) is 9.82. The number of hydrogen-bond donors (Lipinski definition) is 0. The lowest BCUT2D eigenvalue weighted by atomic mass is 10.2. The number of ether oxygens (including phenoxy) is 1. The van der Waals surface area contributed by atoms with Crippen LogP contribution >= 0.6 is 0 Å². The summed E-state index contributed by atoms with van der Waals surface area (Å²) in [6.07, 6.45) is 2.03. The number of benzene rings is 2. The Morgan fingerprint density at radius 2 is 1.88 bits per heavy atom. The fraction of sp³-hybridized carbons (Fsp3) is 0.316. The highest BCUT2D eigenvalue weighted by molar-refractivity contribution is 7.90. The van der Waals surface area contributed by atoms with Gasteiger partial charge in [0.05, 0.1) is 22.5 Å². The summed E-state index contributed by atoms with van der Waals surface area (Å²) >= 11 is 0. The van der Waals surface area contributed by atoms with Crippen LogP contribution in [-0.2, 0) is 10.0 Å². The van der Waals surface area contributed by atoms with Crippen LogP contribution in [0.4, 0.5) is 0 Å². The Hall–Kier alpha value is -2.34. The van der Waals surface area contributed by atoms with Crippen molar-refractivity contribution in [3.05, 3.63) is 53.9 Å². The van der Waals surface area contributed by atoms with E-state index in [1.807, 2.05) is 25.1 Å². The van der Waals surface area contributed by atoms with Gasteiger partial charge in [-0.1, -0.05) is 25.5 Å². The van der Waals surface area contributed by atoms with Gasteiger partial charge in [0.15, 0.2) is 0 Å². The average Bonchev–Trinajstić information content (AvgIpc) is 2.92. The van der Waals surface area contributed by atoms with Crippen LogP contribution in [0.5, 0.6) is 5.75 Å². The predicted octanol–water partition coefficient (Wildman–Crippen LogP) is 4.07. The van der Waals surface area contributed by atoms with Crippen molar-refractivity contribution >= 4 is 21.1 Å². The molecule has 3 aromatic rings. The van der Waals surface area contributed by atoms with Crippen molar-refractivity contribution in [2.24, 2.45) is 0 Å². The van der Waals surface area contributed by atoms with Gasteiger partial charge in [-0.2, -0.15) is 0 Å². The Morgan fingerprint density at radius 3 is 2.60 bits per heavy atom. The smallest absolute Gasteiger partial charge is 0.269 e. The highest BCUT2D eigenvalue weighted by atomic mass is 32.2. The van der Waals surface area contributed by atoms with Crippen LogP contribution < -0.4 is 4.74 Å². The Morgan fingerprint density at radius 1 is 1.12 bits per heavy atom. The van der Waals surface area contributed by atoms with Crippen molar-refractivity contribution < 1.29 is 13.2 Å². The number of rotatable bonds is 6. The van der Waals surface area contributed by atoms with Gasteiger partial charge in [0.25, 0.3) is 10.0 Å². The van der Waals surface area contributed by atoms with Crippen LogP contribution in [-0.4, -0.2) is 24.0 Å². The lowest BCUT2D eigenvalue weighted by Gasteiger charge is -2.12. The summed E-state index contributed by atoms with van der Waals surface area (Å²) in [5, 5.41) is 0. The quantitative estimate of drug-likeness (QED) is 0.623. The van der Waals surface area contributed by atoms with Crippen molar-refractivity contribution in [2.45, 2.75) is 38.5 Å². The number of imidazole rings is 1. The SMILES string of the molecule is CCCCOc1ccc(S(=O)(=O)n2c(C)nc3ccccc32)cc1C. The molecule has 3 rings (SSSR count). The molecule has 0 aliphatic rings. The van der Waals surface area contributed by atoms with E-state index in [0.717, 1.165) is 24.2 Å². The molecule has 0 fully saturated rings. The van der Waals surface area contributed by atoms with E-state index in [-0.39, 0.29) is 4.90 Å². The summed E-state index contributed by atoms with van der Waals surface area (Å²) in [5.74, 6) is 1.17. The van der Waals surface area contributed by atoms with Gasteiger partial charge in [0.1, 0.15) is 11.6 Å². The van der Waals surface area contributed by atoms with Crippen molar-refractivity contribution in [1.29, 1.82) is 0 Å². The summed E-state index contributed by atoms with van der Waals surface area (Å²) in [4.78, 5) is 4.59. The number of unbranched alkanes of at least 4 members (excludes halogenated alkanes) is 1. The number of aryl methyl sites for hydroxylation is 2. The molecule has 0 unspecified atom stereocenters. The van der Waals surface area contributed by atoms with E-state index in [9.17, 15) is 8.42 Å². The summed E-state index contributed by atoms with van der Waals surface area (Å²) in [5.41, 5.74) is 2.06. The molecule has 0 N–H and O–H groups in total. The Bertz CT molecular complexity index is 1010. The molecule has 132 valence electrons. The lowest BCUT2D eigenvalue weighted by molar-refractivity contribution is 0.307. The van der Waals surface area contributed by atoms with Crippen LogP contribution in [0.2, 0.25) is 0 Å². The maximum Gasteiger partial charge on any atom is 0.269 e. The highest BCUT2D eigenvalue weighted by Gasteiger charge is 2.23. The summed E-state index contributed by atoms with van der Waals surface area (Å²) in [7, 11) is -3.72. The third kappa shape index (κ3) is 3.26. The van der Waals surface area contributed by atoms with E-state index in [1.165, 1.54) is 3.97 Å². The van der Waals surface area contributed by atoms with Crippen LogP contribution in [0.1, 0.15) is 31.2 Å². The zero-order chi connectivity index (χ0) is 18.0. The van der Waals surface area contributed by atoms with Gasteiger partial charge >= 0.3 is 0 Å². The molecule has 1 heterocycles. The second-order valence-corrected chi connectivity index (χ2v) is 7.83. The summed E-state index contributed by atoms with van der Waals surface area (Å²) in [6, 6.07) is 12.2. The summed E-state index contributed by atoms with van der Waals surface area (Å²) < 4.78 is 33.3. The second kappa shape index (κ2) is 6.88. The minimum atomic E-state index is -3.72. The minimum absolute atomic E-state index is 0.235. The molecule has 0 atom stereocenters. The van der Waals surface area contributed by atoms with E-state index in [2.05, 4.69) is 11.9 Å². The predicted molar refractivity (Wildman–Crippen MR) is 98.6 cm³/mol. The molecule has 0 aliphatic heterocycles. The van der Waals surface area contributed by atoms with Gasteiger partial charge in [0.2, 0.25) is 0 Å². The number of aromatic nitrogens is 2. The number of para-hydroxylation sites is 2. The second-order valence-electron chi connectivity index (χ2n) is 6.05. The zero-order valence-corrected chi connectivity index (χ0v) is 15.5. The number of hydrogen-bond acceptors (Lipinski definition) is 4. The average molecular weight is 358 g/mol. The van der Waals surface area contributed by atoms with E-state index in [1.54, 1.807) is 31.2 Å². The molecule has 0 saturated heterocycles. The van der Waals surface area contributed by atoms with Crippen molar-refractivity contribution in [2.75, 3.05) is 6.61 Å². The molecule has 0 spiro atoms. The Labute approximate surface area is 148 Å². The topological polar surface area (TPSA) is 61.2 Å². The maximum atomic E-state index is 13.1. The van der Waals surface area contributed by atoms with E-state index >= 15 is 0 Å². The van der Waals surface area contributed by atoms with Gasteiger partial charge in [-0.25, -0.2) is 17.4 Å². The molecular weight excluding hydrogens is 336 g/mol. The molecule has 25 heavy (non-hydrogen) atoms. The molecule has 0 amide bonds. The molecule has 2 aromatic carbocycles. The highest BCUT2D eigenvalue weighted by Crippen LogP contribution is 2.26. The fourth-order valence-corrected chi connectivity index (χ4v) is 4.38. The monoisotopic (exact) mass is 358 g/mol. The molecule has 5 nitrogen and oxygen atoms in total. The van der Waals surface area contributed by atoms with Gasteiger partial charge in [-0.15, -0.1) is 0 Å². The molecule has 0 bridgehead atoms. The zero-order valence-electron chi connectivity index (χ0n) is 14.7. The van der Waals surface area contributed by atoms with Crippen LogP contribution in [0.15, 0.2) is 47.4 Å². The normalized spacial score (nSPS) is 11.8. The molecule has 1 aromatic heterocycles. The number of fused-ring (bicyclic) bond motifs is 1. The van der Waals surface area contributed by atoms with Crippen molar-refractivity contribution in [3.8, 4) is 5.75 Å². The fourth-order valence-electron chi connectivity index (χ4n) is 2.80. The van der Waals surface area contributed by atoms with Gasteiger partial charge in [-0.3, -0.25) is 0 Å². The van der Waals surface area contributed by atoms with Crippen LogP contribution in [0.25, 0.3) is 11.0 Å². The molecule has 0 radical (unpaired) electrons. The third-order valence-electron chi connectivity index (χ3n) is 4.12. The van der Waals surface area contributed by atoms with Crippen LogP contribution in [0.3, 0.4) is 0 Å². The first-order chi connectivity index (χ1) is 11.9.